The number of carbonyl (C=O) groups is 2. The molecule has 0 saturated carbocycles. The molecule has 0 spiro atoms. The van der Waals surface area contributed by atoms with Crippen LogP contribution in [0.1, 0.15) is 102 Å². The quantitative estimate of drug-likeness (QED) is 0.222. The maximum absolute atomic E-state index is 12.6. The van der Waals surface area contributed by atoms with Gasteiger partial charge in [-0.3, -0.25) is 18.9 Å². The van der Waals surface area contributed by atoms with Crippen LogP contribution in [0.5, 0.6) is 5.75 Å². The molecule has 0 bridgehead atoms. The van der Waals surface area contributed by atoms with E-state index in [0.29, 0.717) is 24.7 Å². The highest BCUT2D eigenvalue weighted by Gasteiger charge is 2.43. The number of aromatic nitrogens is 3. The minimum Gasteiger partial charge on any atom is -0.484 e. The number of nitrogens with zero attached hydrogens (tertiary/aromatic N) is 6. The Labute approximate surface area is 315 Å². The van der Waals surface area contributed by atoms with Crippen LogP contribution in [0.3, 0.4) is 0 Å². The number of rotatable bonds is 5. The Morgan fingerprint density at radius 3 is 2.26 bits per heavy atom. The van der Waals surface area contributed by atoms with Crippen molar-refractivity contribution in [3.63, 3.8) is 0 Å². The van der Waals surface area contributed by atoms with Crippen LogP contribution >= 0.6 is 0 Å². The lowest BCUT2D eigenvalue weighted by molar-refractivity contribution is -0.185. The van der Waals surface area contributed by atoms with E-state index < -0.39 is 12.1 Å². The van der Waals surface area contributed by atoms with Gasteiger partial charge in [-0.05, 0) is 105 Å². The second-order valence-corrected chi connectivity index (χ2v) is 16.1. The third kappa shape index (κ3) is 8.35. The molecular weight excluding hydrogens is 695 g/mol. The summed E-state index contributed by atoms with van der Waals surface area (Å²) in [5, 5.41) is 11.7. The summed E-state index contributed by atoms with van der Waals surface area (Å²) in [7, 11) is 2.18. The summed E-state index contributed by atoms with van der Waals surface area (Å²) in [5.74, 6) is 0.501. The summed E-state index contributed by atoms with van der Waals surface area (Å²) in [4.78, 5) is 27.9. The molecule has 2 aromatic heterocycles. The molecule has 2 saturated heterocycles. The molecule has 0 radical (unpaired) electrons. The highest BCUT2D eigenvalue weighted by molar-refractivity contribution is 5.89. The van der Waals surface area contributed by atoms with E-state index in [1.165, 1.54) is 24.5 Å². The van der Waals surface area contributed by atoms with Crippen molar-refractivity contribution < 1.29 is 27.5 Å². The number of nitrogens with one attached hydrogen (secondary N) is 1. The standard InChI is InChI=1S/C23H28N4O.C18H24F3N3O2/c1-16-9-11-20(19-8-5-4-7-18(16)19)28-17-10-12-21-24-25-22(27(21)15-17)23(2)13-6-14-26(23)3;1-12(25)22-14-9-13(17(2,3)4)10-15(11-14)23-5-7-24(8-6-23)16(26)18(19,20)21/h4-5,7-8,10,12,15-16,20H,6,9,11,13-14H2,1-3H3;9-11H,5-8H2,1-4H3,(H,22,25)/t16-,20+,23-;/m0./s1. The number of pyridine rings is 1. The van der Waals surface area contributed by atoms with Crippen LogP contribution in [0.15, 0.2) is 60.8 Å². The molecule has 1 N–H and O–H groups in total. The number of halogens is 3. The fourth-order valence-electron chi connectivity index (χ4n) is 7.79. The molecule has 290 valence electrons. The lowest BCUT2D eigenvalue weighted by Gasteiger charge is -2.37. The van der Waals surface area contributed by atoms with Crippen LogP contribution in [-0.2, 0) is 20.5 Å². The van der Waals surface area contributed by atoms with Gasteiger partial charge >= 0.3 is 12.1 Å². The van der Waals surface area contributed by atoms with Crippen LogP contribution in [0.4, 0.5) is 24.5 Å². The lowest BCUT2D eigenvalue weighted by Crippen LogP contribution is -2.52. The van der Waals surface area contributed by atoms with E-state index in [9.17, 15) is 22.8 Å². The van der Waals surface area contributed by atoms with E-state index in [-0.39, 0.29) is 36.1 Å². The lowest BCUT2D eigenvalue weighted by atomic mass is 9.82. The van der Waals surface area contributed by atoms with Gasteiger partial charge in [0.05, 0.1) is 11.7 Å². The molecule has 0 unspecified atom stereocenters. The summed E-state index contributed by atoms with van der Waals surface area (Å²) in [6.07, 6.45) is 1.83. The van der Waals surface area contributed by atoms with E-state index in [1.807, 2.05) is 49.9 Å². The van der Waals surface area contributed by atoms with Crippen molar-refractivity contribution in [1.29, 1.82) is 0 Å². The number of likely N-dealkylation sites (tertiary alicyclic amines) is 1. The number of carbonyl (C=O) groups excluding carboxylic acids is 2. The van der Waals surface area contributed by atoms with Crippen molar-refractivity contribution in [2.75, 3.05) is 50.0 Å². The monoisotopic (exact) mass is 747 g/mol. The summed E-state index contributed by atoms with van der Waals surface area (Å²) in [6, 6.07) is 18.4. The van der Waals surface area contributed by atoms with Crippen LogP contribution in [0.2, 0.25) is 0 Å². The van der Waals surface area contributed by atoms with Gasteiger partial charge in [0.25, 0.3) is 0 Å². The Morgan fingerprint density at radius 2 is 1.63 bits per heavy atom. The Bertz CT molecular complexity index is 1980. The first-order valence-electron chi connectivity index (χ1n) is 18.8. The van der Waals surface area contributed by atoms with Gasteiger partial charge in [-0.1, -0.05) is 52.0 Å². The zero-order valence-electron chi connectivity index (χ0n) is 32.3. The maximum Gasteiger partial charge on any atom is 0.471 e. The molecule has 7 rings (SSSR count). The molecule has 2 fully saturated rings. The number of fused-ring (bicyclic) bond motifs is 2. The van der Waals surface area contributed by atoms with Crippen molar-refractivity contribution in [1.82, 2.24) is 24.4 Å². The van der Waals surface area contributed by atoms with E-state index in [1.54, 1.807) is 6.07 Å². The van der Waals surface area contributed by atoms with Crippen LogP contribution < -0.4 is 15.0 Å². The summed E-state index contributed by atoms with van der Waals surface area (Å²) in [5.41, 5.74) is 5.86. The minimum atomic E-state index is -4.84. The molecule has 3 atom stereocenters. The normalized spacial score (nSPS) is 22.0. The van der Waals surface area contributed by atoms with Crippen LogP contribution in [0, 0.1) is 0 Å². The fourth-order valence-corrected chi connectivity index (χ4v) is 7.79. The number of piperazine rings is 1. The molecule has 2 aliphatic heterocycles. The Morgan fingerprint density at radius 1 is 0.926 bits per heavy atom. The Balaban J connectivity index is 0.000000185. The van der Waals surface area contributed by atoms with Crippen molar-refractivity contribution in [2.45, 2.75) is 96.4 Å². The number of benzene rings is 2. The SMILES string of the molecule is CC(=O)Nc1cc(N2CCN(C(=O)C(F)(F)F)CC2)cc(C(C)(C)C)c1.C[C@H]1CC[C@@H](Oc2ccc3nnc([C@]4(C)CCCN4C)n3c2)c2ccccc21. The highest BCUT2D eigenvalue weighted by Crippen LogP contribution is 2.41. The topological polar surface area (TPSA) is 95.3 Å². The second kappa shape index (κ2) is 15.2. The highest BCUT2D eigenvalue weighted by atomic mass is 19.4. The Kier molecular flexibility index (Phi) is 11.0. The first-order chi connectivity index (χ1) is 25.4. The number of amides is 2. The van der Waals surface area contributed by atoms with E-state index >= 15 is 0 Å². The summed E-state index contributed by atoms with van der Waals surface area (Å²) < 4.78 is 46.3. The predicted molar refractivity (Wildman–Crippen MR) is 204 cm³/mol. The van der Waals surface area contributed by atoms with E-state index in [4.69, 9.17) is 4.74 Å². The summed E-state index contributed by atoms with van der Waals surface area (Å²) >= 11 is 0. The zero-order chi connectivity index (χ0) is 39.0. The van der Waals surface area contributed by atoms with E-state index in [2.05, 4.69) is 76.2 Å². The first kappa shape index (κ1) is 39.1. The van der Waals surface area contributed by atoms with Crippen LogP contribution in [-0.4, -0.2) is 82.2 Å². The van der Waals surface area contributed by atoms with Gasteiger partial charge in [-0.15, -0.1) is 10.2 Å². The average Bonchev–Trinajstić information content (AvgIpc) is 3.71. The smallest absolute Gasteiger partial charge is 0.471 e. The van der Waals surface area contributed by atoms with Gasteiger partial charge < -0.3 is 19.9 Å². The maximum atomic E-state index is 12.6. The molecule has 4 heterocycles. The predicted octanol–water partition coefficient (Wildman–Crippen LogP) is 7.84. The van der Waals surface area contributed by atoms with Gasteiger partial charge in [0.15, 0.2) is 11.5 Å². The number of hydrogen-bond donors (Lipinski definition) is 1. The molecule has 4 aromatic rings. The van der Waals surface area contributed by atoms with Crippen molar-refractivity contribution in [3.05, 3.63) is 83.3 Å². The molecule has 1 aliphatic carbocycles. The molecule has 13 heteroatoms. The zero-order valence-corrected chi connectivity index (χ0v) is 32.3. The first-order valence-corrected chi connectivity index (χ1v) is 18.8. The molecular formula is C41H52F3N7O3. The van der Waals surface area contributed by atoms with Gasteiger partial charge in [0.2, 0.25) is 5.91 Å². The molecule has 3 aliphatic rings. The number of hydrogen-bond acceptors (Lipinski definition) is 7. The minimum absolute atomic E-state index is 0.00750. The van der Waals surface area contributed by atoms with Crippen molar-refractivity contribution in [2.24, 2.45) is 0 Å². The fraction of sp³-hybridized carbons (Fsp3) is 0.512. The Hall–Kier alpha value is -4.65. The van der Waals surface area contributed by atoms with Gasteiger partial charge in [-0.25, -0.2) is 0 Å². The van der Waals surface area contributed by atoms with Crippen molar-refractivity contribution in [3.8, 4) is 5.75 Å². The molecule has 54 heavy (non-hydrogen) atoms. The third-order valence-corrected chi connectivity index (χ3v) is 11.1. The van der Waals surface area contributed by atoms with Gasteiger partial charge in [0.1, 0.15) is 11.9 Å². The number of alkyl halides is 3. The number of anilines is 2. The van der Waals surface area contributed by atoms with Crippen LogP contribution in [0.25, 0.3) is 5.65 Å². The van der Waals surface area contributed by atoms with Crippen molar-refractivity contribution >= 4 is 28.8 Å². The third-order valence-electron chi connectivity index (χ3n) is 11.1. The average molecular weight is 748 g/mol. The molecule has 2 aromatic carbocycles. The van der Waals surface area contributed by atoms with Gasteiger partial charge in [-0.2, -0.15) is 13.2 Å². The van der Waals surface area contributed by atoms with Gasteiger partial charge in [0, 0.05) is 44.5 Å². The summed E-state index contributed by atoms with van der Waals surface area (Å²) in [6.45, 7) is 13.8. The number of ether oxygens (including phenoxy) is 1. The largest absolute Gasteiger partial charge is 0.484 e. The second-order valence-electron chi connectivity index (χ2n) is 16.1. The molecule has 2 amide bonds. The molecule has 10 nitrogen and oxygen atoms in total. The van der Waals surface area contributed by atoms with E-state index in [0.717, 1.165) is 59.2 Å².